The number of anilines is 2. The van der Waals surface area contributed by atoms with Gasteiger partial charge in [-0.2, -0.15) is 5.10 Å². The number of nitrogen functional groups attached to an aromatic ring is 1. The second-order valence-electron chi connectivity index (χ2n) is 3.97. The molecular formula is C12H11F3N4O. The van der Waals surface area contributed by atoms with E-state index in [1.807, 2.05) is 0 Å². The highest BCUT2D eigenvalue weighted by atomic mass is 19.2. The van der Waals surface area contributed by atoms with Gasteiger partial charge < -0.3 is 11.1 Å². The molecule has 0 unspecified atom stereocenters. The van der Waals surface area contributed by atoms with E-state index in [2.05, 4.69) is 10.4 Å². The van der Waals surface area contributed by atoms with E-state index < -0.39 is 29.0 Å². The molecule has 2 rings (SSSR count). The van der Waals surface area contributed by atoms with Crippen LogP contribution in [0, 0.1) is 17.5 Å². The lowest BCUT2D eigenvalue weighted by Gasteiger charge is -2.09. The van der Waals surface area contributed by atoms with Gasteiger partial charge in [0.15, 0.2) is 11.6 Å². The predicted octanol–water partition coefficient (Wildman–Crippen LogP) is 2.15. The minimum absolute atomic E-state index is 0.00318. The van der Waals surface area contributed by atoms with Crippen molar-refractivity contribution in [3.63, 3.8) is 0 Å². The summed E-state index contributed by atoms with van der Waals surface area (Å²) in [6.07, 6.45) is 1.26. The summed E-state index contributed by atoms with van der Waals surface area (Å²) in [6.45, 7) is 2.09. The second kappa shape index (κ2) is 5.24. The van der Waals surface area contributed by atoms with Gasteiger partial charge in [-0.3, -0.25) is 9.48 Å². The number of halogens is 3. The van der Waals surface area contributed by atoms with E-state index in [1.165, 1.54) is 10.9 Å². The van der Waals surface area contributed by atoms with E-state index in [0.717, 1.165) is 0 Å². The predicted molar refractivity (Wildman–Crippen MR) is 66.6 cm³/mol. The summed E-state index contributed by atoms with van der Waals surface area (Å²) in [5.74, 6) is -4.54. The number of nitrogens with zero attached hydrogens (tertiary/aromatic N) is 2. The van der Waals surface area contributed by atoms with Crippen molar-refractivity contribution in [3.05, 3.63) is 41.5 Å². The smallest absolute Gasteiger partial charge is 0.276 e. The largest absolute Gasteiger partial charge is 0.396 e. The number of aryl methyl sites for hydroxylation is 1. The van der Waals surface area contributed by atoms with Gasteiger partial charge in [0.1, 0.15) is 11.5 Å². The van der Waals surface area contributed by atoms with Crippen molar-refractivity contribution in [2.24, 2.45) is 0 Å². The van der Waals surface area contributed by atoms with Gasteiger partial charge in [0.2, 0.25) is 0 Å². The van der Waals surface area contributed by atoms with Crippen LogP contribution in [0.25, 0.3) is 0 Å². The zero-order valence-corrected chi connectivity index (χ0v) is 10.5. The minimum atomic E-state index is -1.39. The molecule has 1 aromatic heterocycles. The zero-order chi connectivity index (χ0) is 14.9. The third-order valence-electron chi connectivity index (χ3n) is 2.62. The number of carbonyl (C=O) groups excluding carboxylic acids is 1. The summed E-state index contributed by atoms with van der Waals surface area (Å²) in [6, 6.07) is 1.06. The first-order chi connectivity index (χ1) is 9.43. The molecule has 3 N–H and O–H groups in total. The van der Waals surface area contributed by atoms with Gasteiger partial charge >= 0.3 is 0 Å². The molecule has 0 saturated heterocycles. The third kappa shape index (κ3) is 2.44. The first-order valence-corrected chi connectivity index (χ1v) is 5.71. The van der Waals surface area contributed by atoms with Crippen molar-refractivity contribution in [3.8, 4) is 0 Å². The van der Waals surface area contributed by atoms with Crippen LogP contribution in [0.1, 0.15) is 17.4 Å². The summed E-state index contributed by atoms with van der Waals surface area (Å²) in [5, 5.41) is 5.92. The Labute approximate surface area is 112 Å². The average molecular weight is 284 g/mol. The Kier molecular flexibility index (Phi) is 3.64. The molecule has 0 aliphatic rings. The fraction of sp³-hybridized carbons (Fsp3) is 0.167. The Balaban J connectivity index is 2.35. The van der Waals surface area contributed by atoms with Crippen LogP contribution in [-0.4, -0.2) is 15.7 Å². The Bertz CT molecular complexity index is 669. The fourth-order valence-electron chi connectivity index (χ4n) is 1.72. The molecule has 2 aromatic rings. The lowest BCUT2D eigenvalue weighted by atomic mass is 10.2. The van der Waals surface area contributed by atoms with Gasteiger partial charge in [0.25, 0.3) is 5.91 Å². The second-order valence-corrected chi connectivity index (χ2v) is 3.97. The van der Waals surface area contributed by atoms with Crippen molar-refractivity contribution >= 4 is 17.3 Å². The maximum absolute atomic E-state index is 13.5. The Morgan fingerprint density at radius 2 is 2.10 bits per heavy atom. The first-order valence-electron chi connectivity index (χ1n) is 5.71. The molecule has 0 spiro atoms. The van der Waals surface area contributed by atoms with E-state index in [-0.39, 0.29) is 11.4 Å². The quantitative estimate of drug-likeness (QED) is 0.848. The number of benzene rings is 1. The first kappa shape index (κ1) is 13.9. The molecule has 5 nitrogen and oxygen atoms in total. The van der Waals surface area contributed by atoms with Crippen molar-refractivity contribution in [2.45, 2.75) is 13.5 Å². The summed E-state index contributed by atoms with van der Waals surface area (Å²) in [7, 11) is 0. The molecule has 0 radical (unpaired) electrons. The number of rotatable bonds is 3. The van der Waals surface area contributed by atoms with E-state index in [1.54, 1.807) is 6.92 Å². The summed E-state index contributed by atoms with van der Waals surface area (Å²) in [4.78, 5) is 12.0. The van der Waals surface area contributed by atoms with E-state index in [9.17, 15) is 18.0 Å². The summed E-state index contributed by atoms with van der Waals surface area (Å²) >= 11 is 0. The van der Waals surface area contributed by atoms with Crippen molar-refractivity contribution in [1.29, 1.82) is 0 Å². The van der Waals surface area contributed by atoms with E-state index in [0.29, 0.717) is 18.7 Å². The number of hydrogen-bond donors (Lipinski definition) is 2. The van der Waals surface area contributed by atoms with Gasteiger partial charge in [0.05, 0.1) is 17.6 Å². The van der Waals surface area contributed by atoms with Crippen LogP contribution in [0.2, 0.25) is 0 Å². The number of hydrogen-bond acceptors (Lipinski definition) is 3. The number of amides is 1. The van der Waals surface area contributed by atoms with Crippen molar-refractivity contribution in [1.82, 2.24) is 9.78 Å². The topological polar surface area (TPSA) is 72.9 Å². The van der Waals surface area contributed by atoms with Gasteiger partial charge in [-0.15, -0.1) is 0 Å². The molecule has 1 aromatic carbocycles. The minimum Gasteiger partial charge on any atom is -0.396 e. The highest BCUT2D eigenvalue weighted by Crippen LogP contribution is 2.21. The number of aromatic nitrogens is 2. The molecule has 0 bridgehead atoms. The molecule has 0 aliphatic heterocycles. The van der Waals surface area contributed by atoms with Gasteiger partial charge in [0, 0.05) is 18.7 Å². The third-order valence-corrected chi connectivity index (χ3v) is 2.62. The standard InChI is InChI=1S/C12H11F3N4O/c1-2-19-11(8(16)5-17-19)12(20)18-9-4-6(13)3-7(14)10(9)15/h3-5H,2,16H2,1H3,(H,18,20). The highest BCUT2D eigenvalue weighted by molar-refractivity contribution is 6.06. The maximum Gasteiger partial charge on any atom is 0.276 e. The van der Waals surface area contributed by atoms with Crippen molar-refractivity contribution < 1.29 is 18.0 Å². The molecule has 1 heterocycles. The molecule has 20 heavy (non-hydrogen) atoms. The van der Waals surface area contributed by atoms with Gasteiger partial charge in [-0.1, -0.05) is 0 Å². The van der Waals surface area contributed by atoms with Gasteiger partial charge in [-0.05, 0) is 6.92 Å². The fourth-order valence-corrected chi connectivity index (χ4v) is 1.72. The van der Waals surface area contributed by atoms with Crippen LogP contribution < -0.4 is 11.1 Å². The molecule has 0 fully saturated rings. The Hall–Kier alpha value is -2.51. The van der Waals surface area contributed by atoms with Gasteiger partial charge in [-0.25, -0.2) is 13.2 Å². The van der Waals surface area contributed by atoms with Crippen molar-refractivity contribution in [2.75, 3.05) is 11.1 Å². The molecule has 1 amide bonds. The average Bonchev–Trinajstić information content (AvgIpc) is 2.76. The van der Waals surface area contributed by atoms with Crippen LogP contribution in [0.5, 0.6) is 0 Å². The molecular weight excluding hydrogens is 273 g/mol. The van der Waals surface area contributed by atoms with E-state index in [4.69, 9.17) is 5.73 Å². The summed E-state index contributed by atoms with van der Waals surface area (Å²) < 4.78 is 40.8. The molecule has 106 valence electrons. The molecule has 8 heteroatoms. The maximum atomic E-state index is 13.5. The number of nitrogens with two attached hydrogens (primary N) is 1. The number of nitrogens with one attached hydrogen (secondary N) is 1. The Morgan fingerprint density at radius 3 is 2.75 bits per heavy atom. The van der Waals surface area contributed by atoms with Crippen LogP contribution >= 0.6 is 0 Å². The lowest BCUT2D eigenvalue weighted by Crippen LogP contribution is -2.19. The highest BCUT2D eigenvalue weighted by Gasteiger charge is 2.19. The lowest BCUT2D eigenvalue weighted by molar-refractivity contribution is 0.101. The van der Waals surface area contributed by atoms with E-state index >= 15 is 0 Å². The zero-order valence-electron chi connectivity index (χ0n) is 10.5. The van der Waals surface area contributed by atoms with Crippen LogP contribution in [-0.2, 0) is 6.54 Å². The number of carbonyl (C=O) groups is 1. The molecule has 0 saturated carbocycles. The van der Waals surface area contributed by atoms with Crippen LogP contribution in [0.4, 0.5) is 24.5 Å². The van der Waals surface area contributed by atoms with Crippen LogP contribution in [0.3, 0.4) is 0 Å². The molecule has 0 atom stereocenters. The Morgan fingerprint density at radius 1 is 1.40 bits per heavy atom. The molecule has 0 aliphatic carbocycles. The monoisotopic (exact) mass is 284 g/mol. The SMILES string of the molecule is CCn1ncc(N)c1C(=O)Nc1cc(F)cc(F)c1F. The van der Waals surface area contributed by atoms with Crippen LogP contribution in [0.15, 0.2) is 18.3 Å². The normalized spacial score (nSPS) is 10.6. The summed E-state index contributed by atoms with van der Waals surface area (Å²) in [5.41, 5.74) is 5.06.